The van der Waals surface area contributed by atoms with E-state index in [1.54, 1.807) is 0 Å². The number of likely N-dealkylation sites (N-methyl/N-ethyl adjacent to an activating group) is 1. The molecule has 2 aromatic rings. The summed E-state index contributed by atoms with van der Waals surface area (Å²) in [6, 6.07) is 9.64. The van der Waals surface area contributed by atoms with Crippen molar-refractivity contribution < 1.29 is 42.8 Å². The Balaban J connectivity index is 2.07. The highest BCUT2D eigenvalue weighted by Crippen LogP contribution is 2.45. The topological polar surface area (TPSA) is 110 Å². The summed E-state index contributed by atoms with van der Waals surface area (Å²) >= 11 is 6.30. The van der Waals surface area contributed by atoms with Gasteiger partial charge in [-0.2, -0.15) is 0 Å². The number of halogens is 1. The van der Waals surface area contributed by atoms with Crippen molar-refractivity contribution in [1.29, 1.82) is 0 Å². The van der Waals surface area contributed by atoms with Gasteiger partial charge in [0, 0.05) is 63.5 Å². The fraction of sp³-hybridized carbons (Fsp3) is 0.519. The minimum absolute atomic E-state index is 0.145. The highest BCUT2D eigenvalue weighted by atomic mass is 35.5. The van der Waals surface area contributed by atoms with E-state index in [0.29, 0.717) is 11.6 Å². The number of hydrogen-bond acceptors (Lipinski definition) is 10. The van der Waals surface area contributed by atoms with Crippen molar-refractivity contribution in [2.24, 2.45) is 0 Å². The van der Waals surface area contributed by atoms with E-state index in [-0.39, 0.29) is 12.5 Å². The molecule has 4 unspecified atom stereocenters. The molecule has 0 radical (unpaired) electrons. The number of alkyl halides is 1. The minimum Gasteiger partial charge on any atom is -0.467 e. The van der Waals surface area contributed by atoms with Crippen LogP contribution in [-0.2, 0) is 38.1 Å². The van der Waals surface area contributed by atoms with Crippen molar-refractivity contribution in [1.82, 2.24) is 0 Å². The van der Waals surface area contributed by atoms with Crippen molar-refractivity contribution in [3.63, 3.8) is 0 Å². The largest absolute Gasteiger partial charge is 0.467 e. The molecule has 0 saturated heterocycles. The maximum atomic E-state index is 12.6. The maximum absolute atomic E-state index is 12.6. The molecule has 1 aliphatic heterocycles. The van der Waals surface area contributed by atoms with Crippen molar-refractivity contribution in [2.75, 3.05) is 45.2 Å². The highest BCUT2D eigenvalue weighted by molar-refractivity contribution is 6.18. The van der Waals surface area contributed by atoms with E-state index in [1.165, 1.54) is 35.0 Å². The van der Waals surface area contributed by atoms with Crippen molar-refractivity contribution in [3.05, 3.63) is 35.9 Å². The molecule has 1 aliphatic rings. The van der Waals surface area contributed by atoms with Gasteiger partial charge in [-0.05, 0) is 17.9 Å². The minimum atomic E-state index is -1.35. The van der Waals surface area contributed by atoms with Crippen LogP contribution in [0.4, 0.5) is 5.69 Å². The van der Waals surface area contributed by atoms with Gasteiger partial charge in [-0.25, -0.2) is 4.79 Å². The molecular weight excluding hydrogens is 518 g/mol. The summed E-state index contributed by atoms with van der Waals surface area (Å²) in [5.41, 5.74) is 2.08. The molecule has 38 heavy (non-hydrogen) atoms. The third-order valence-electron chi connectivity index (χ3n) is 6.32. The molecule has 10 nitrogen and oxygen atoms in total. The molecule has 0 bridgehead atoms. The summed E-state index contributed by atoms with van der Waals surface area (Å²) in [6.07, 6.45) is -4.58. The molecule has 3 rings (SSSR count). The molecule has 5 atom stereocenters. The number of nitrogens with zero attached hydrogens (tertiary/aromatic N) is 1. The van der Waals surface area contributed by atoms with Gasteiger partial charge in [0.1, 0.15) is 18.5 Å². The Morgan fingerprint density at radius 3 is 2.37 bits per heavy atom. The summed E-state index contributed by atoms with van der Waals surface area (Å²) < 4.78 is 33.3. The van der Waals surface area contributed by atoms with Crippen LogP contribution in [0, 0.1) is 0 Å². The standard InChI is InChI=1S/C27H34ClNO9/c1-15(36-17(3)31)25(26(32)34-6)38-27(23(33-5)14-35-16(2)30)37-22-11-21-24(18(12-28)13-29(21)4)20-10-8-7-9-19(20)22/h7-11,15,18,23,25,27H,12-14H2,1-6H3/t15?,18-,23?,25?,27?/m1/s1. The highest BCUT2D eigenvalue weighted by Gasteiger charge is 2.38. The number of fused-ring (bicyclic) bond motifs is 3. The number of rotatable bonds is 12. The SMILES string of the molecule is COC(=O)C(OC(Oc1cc2c(c3ccccc13)[C@H](CCl)CN2C)C(COC(C)=O)OC)C(C)OC(C)=O. The fourth-order valence-corrected chi connectivity index (χ4v) is 4.81. The van der Waals surface area contributed by atoms with Crippen molar-refractivity contribution in [3.8, 4) is 5.75 Å². The smallest absolute Gasteiger partial charge is 0.339 e. The Morgan fingerprint density at radius 2 is 1.79 bits per heavy atom. The van der Waals surface area contributed by atoms with Gasteiger partial charge in [0.15, 0.2) is 12.2 Å². The first-order chi connectivity index (χ1) is 18.1. The quantitative estimate of drug-likeness (QED) is 0.168. The Hall–Kier alpha value is -3.08. The zero-order valence-corrected chi connectivity index (χ0v) is 23.2. The van der Waals surface area contributed by atoms with Crippen LogP contribution in [0.25, 0.3) is 10.8 Å². The van der Waals surface area contributed by atoms with Gasteiger partial charge in [0.05, 0.1) is 7.11 Å². The first kappa shape index (κ1) is 29.5. The molecule has 0 N–H and O–H groups in total. The Labute approximate surface area is 227 Å². The molecule has 0 aliphatic carbocycles. The van der Waals surface area contributed by atoms with E-state index in [2.05, 4.69) is 4.90 Å². The maximum Gasteiger partial charge on any atom is 0.339 e. The van der Waals surface area contributed by atoms with Gasteiger partial charge >= 0.3 is 17.9 Å². The van der Waals surface area contributed by atoms with Crippen LogP contribution in [0.3, 0.4) is 0 Å². The summed E-state index contributed by atoms with van der Waals surface area (Å²) in [5.74, 6) is -0.835. The Kier molecular flexibility index (Phi) is 10.2. The normalized spacial score (nSPS) is 17.8. The lowest BCUT2D eigenvalue weighted by molar-refractivity contribution is -0.220. The van der Waals surface area contributed by atoms with E-state index in [0.717, 1.165) is 28.6 Å². The second-order valence-electron chi connectivity index (χ2n) is 9.04. The molecule has 11 heteroatoms. The van der Waals surface area contributed by atoms with Crippen LogP contribution < -0.4 is 9.64 Å². The van der Waals surface area contributed by atoms with Gasteiger partial charge in [-0.15, -0.1) is 11.6 Å². The van der Waals surface area contributed by atoms with Gasteiger partial charge < -0.3 is 33.3 Å². The predicted octanol–water partition coefficient (Wildman–Crippen LogP) is 3.40. The number of methoxy groups -OCH3 is 2. The number of benzene rings is 2. The van der Waals surface area contributed by atoms with Gasteiger partial charge in [-0.1, -0.05) is 24.3 Å². The van der Waals surface area contributed by atoms with Gasteiger partial charge in [0.25, 0.3) is 0 Å². The number of hydrogen-bond donors (Lipinski definition) is 0. The first-order valence-corrected chi connectivity index (χ1v) is 12.7. The zero-order valence-electron chi connectivity index (χ0n) is 22.4. The molecule has 208 valence electrons. The molecule has 2 aromatic carbocycles. The Morgan fingerprint density at radius 1 is 1.11 bits per heavy atom. The van der Waals surface area contributed by atoms with E-state index in [9.17, 15) is 14.4 Å². The average molecular weight is 552 g/mol. The molecule has 0 fully saturated rings. The van der Waals surface area contributed by atoms with E-state index >= 15 is 0 Å². The number of ether oxygens (including phenoxy) is 6. The molecule has 0 spiro atoms. The Bertz CT molecular complexity index is 1160. The van der Waals surface area contributed by atoms with Crippen LogP contribution in [0.2, 0.25) is 0 Å². The van der Waals surface area contributed by atoms with E-state index in [1.807, 2.05) is 37.4 Å². The van der Waals surface area contributed by atoms with E-state index < -0.39 is 42.5 Å². The second-order valence-corrected chi connectivity index (χ2v) is 9.35. The molecule has 0 saturated carbocycles. The lowest BCUT2D eigenvalue weighted by Crippen LogP contribution is -2.48. The predicted molar refractivity (Wildman–Crippen MR) is 141 cm³/mol. The second kappa shape index (κ2) is 13.1. The third kappa shape index (κ3) is 6.67. The zero-order chi connectivity index (χ0) is 28.0. The number of carbonyl (C=O) groups excluding carboxylic acids is 3. The molecule has 0 aromatic heterocycles. The third-order valence-corrected chi connectivity index (χ3v) is 6.69. The molecule has 0 amide bonds. The summed E-state index contributed by atoms with van der Waals surface area (Å²) in [7, 11) is 4.57. The number of anilines is 1. The summed E-state index contributed by atoms with van der Waals surface area (Å²) in [5, 5.41) is 1.77. The number of esters is 3. The lowest BCUT2D eigenvalue weighted by Gasteiger charge is -2.31. The van der Waals surface area contributed by atoms with Crippen LogP contribution in [0.1, 0.15) is 32.3 Å². The molecule has 1 heterocycles. The van der Waals surface area contributed by atoms with Crippen molar-refractivity contribution >= 4 is 46.0 Å². The summed E-state index contributed by atoms with van der Waals surface area (Å²) in [4.78, 5) is 37.9. The van der Waals surface area contributed by atoms with Crippen LogP contribution in [-0.4, -0.2) is 82.8 Å². The van der Waals surface area contributed by atoms with Crippen molar-refractivity contribution in [2.45, 2.75) is 51.3 Å². The first-order valence-electron chi connectivity index (χ1n) is 12.2. The van der Waals surface area contributed by atoms with Gasteiger partial charge in [-0.3, -0.25) is 9.59 Å². The van der Waals surface area contributed by atoms with Crippen LogP contribution in [0.15, 0.2) is 30.3 Å². The monoisotopic (exact) mass is 551 g/mol. The number of carbonyl (C=O) groups is 3. The van der Waals surface area contributed by atoms with Crippen LogP contribution >= 0.6 is 11.6 Å². The average Bonchev–Trinajstić information content (AvgIpc) is 3.21. The molecular formula is C27H34ClNO9. The fourth-order valence-electron chi connectivity index (χ4n) is 4.55. The van der Waals surface area contributed by atoms with Gasteiger partial charge in [0.2, 0.25) is 6.29 Å². The lowest BCUT2D eigenvalue weighted by atomic mass is 9.95. The summed E-state index contributed by atoms with van der Waals surface area (Å²) in [6.45, 7) is 4.52. The van der Waals surface area contributed by atoms with E-state index in [4.69, 9.17) is 40.0 Å². The van der Waals surface area contributed by atoms with Crippen LogP contribution in [0.5, 0.6) is 5.75 Å².